The molecule has 0 saturated carbocycles. The summed E-state index contributed by atoms with van der Waals surface area (Å²) in [6, 6.07) is 14.0. The van der Waals surface area contributed by atoms with Crippen molar-refractivity contribution in [2.24, 2.45) is 0 Å². The Kier molecular flexibility index (Phi) is 5.07. The zero-order valence-electron chi connectivity index (χ0n) is 15.4. The van der Waals surface area contributed by atoms with Crippen LogP contribution in [0.25, 0.3) is 21.9 Å². The largest absolute Gasteiger partial charge is 0.495 e. The highest BCUT2D eigenvalue weighted by atomic mass is 16.5. The molecular weight excluding hydrogens is 328 g/mol. The molecule has 5 nitrogen and oxygen atoms in total. The van der Waals surface area contributed by atoms with Gasteiger partial charge in [-0.05, 0) is 47.5 Å². The Hall–Kier alpha value is -3.08. The second-order valence-corrected chi connectivity index (χ2v) is 6.33. The highest BCUT2D eigenvalue weighted by Crippen LogP contribution is 2.28. The van der Waals surface area contributed by atoms with Gasteiger partial charge in [-0.15, -0.1) is 0 Å². The van der Waals surface area contributed by atoms with Gasteiger partial charge in [0.1, 0.15) is 11.5 Å². The van der Waals surface area contributed by atoms with Crippen LogP contribution in [0.4, 0.5) is 0 Å². The summed E-state index contributed by atoms with van der Waals surface area (Å²) in [6.45, 7) is 1.75. The number of carbonyl (C=O) groups is 1. The molecule has 0 aliphatic heterocycles. The summed E-state index contributed by atoms with van der Waals surface area (Å²) in [7, 11) is 5.06. The molecule has 1 amide bonds. The van der Waals surface area contributed by atoms with Gasteiger partial charge in [-0.25, -0.2) is 0 Å². The van der Waals surface area contributed by atoms with Crippen LogP contribution in [-0.2, 0) is 4.79 Å². The fourth-order valence-corrected chi connectivity index (χ4v) is 2.78. The second-order valence-electron chi connectivity index (χ2n) is 6.33. The van der Waals surface area contributed by atoms with Crippen LogP contribution in [0, 0.1) is 0 Å². The van der Waals surface area contributed by atoms with Gasteiger partial charge in [0.2, 0.25) is 0 Å². The molecule has 26 heavy (non-hydrogen) atoms. The molecule has 1 unspecified atom stereocenters. The lowest BCUT2D eigenvalue weighted by Gasteiger charge is -2.18. The number of carbonyl (C=O) groups excluding carboxylic acids is 1. The van der Waals surface area contributed by atoms with E-state index in [0.29, 0.717) is 5.75 Å². The van der Waals surface area contributed by atoms with E-state index in [9.17, 15) is 4.79 Å². The summed E-state index contributed by atoms with van der Waals surface area (Å²) in [6.07, 6.45) is 2.95. The standard InChI is InChI=1S/C21H22N2O3/c1-14(21(24)23(2)3)26-19-8-7-15-5-6-16(9-17(15)10-19)18-11-20(25-4)13-22-12-18/h5-14H,1-4H3. The minimum absolute atomic E-state index is 0.0682. The molecule has 2 aromatic carbocycles. The lowest BCUT2D eigenvalue weighted by molar-refractivity contribution is -0.135. The predicted octanol–water partition coefficient (Wildman–Crippen LogP) is 3.77. The Balaban J connectivity index is 1.92. The summed E-state index contributed by atoms with van der Waals surface area (Å²) < 4.78 is 11.1. The van der Waals surface area contributed by atoms with Crippen molar-refractivity contribution in [3.8, 4) is 22.6 Å². The number of ether oxygens (including phenoxy) is 2. The number of rotatable bonds is 5. The molecule has 3 rings (SSSR count). The predicted molar refractivity (Wildman–Crippen MR) is 103 cm³/mol. The fraction of sp³-hybridized carbons (Fsp3) is 0.238. The highest BCUT2D eigenvalue weighted by Gasteiger charge is 2.16. The Morgan fingerprint density at radius 2 is 1.73 bits per heavy atom. The van der Waals surface area contributed by atoms with Crippen molar-refractivity contribution in [3.05, 3.63) is 54.9 Å². The maximum atomic E-state index is 12.0. The number of hydrogen-bond donors (Lipinski definition) is 0. The Labute approximate surface area is 153 Å². The quantitative estimate of drug-likeness (QED) is 0.703. The minimum atomic E-state index is -0.534. The minimum Gasteiger partial charge on any atom is -0.495 e. The molecule has 0 N–H and O–H groups in total. The number of aromatic nitrogens is 1. The number of amides is 1. The second kappa shape index (κ2) is 7.44. The van der Waals surface area contributed by atoms with Crippen molar-refractivity contribution >= 4 is 16.7 Å². The molecule has 0 fully saturated rings. The summed E-state index contributed by atoms with van der Waals surface area (Å²) in [5, 5.41) is 2.14. The molecule has 0 saturated heterocycles. The van der Waals surface area contributed by atoms with Gasteiger partial charge < -0.3 is 14.4 Å². The molecule has 134 valence electrons. The Morgan fingerprint density at radius 3 is 2.46 bits per heavy atom. The number of methoxy groups -OCH3 is 1. The average Bonchev–Trinajstić information content (AvgIpc) is 2.66. The van der Waals surface area contributed by atoms with Crippen molar-refractivity contribution in [2.45, 2.75) is 13.0 Å². The third kappa shape index (κ3) is 3.77. The lowest BCUT2D eigenvalue weighted by Crippen LogP contribution is -2.35. The molecule has 3 aromatic rings. The van der Waals surface area contributed by atoms with Crippen molar-refractivity contribution in [1.29, 1.82) is 0 Å². The van der Waals surface area contributed by atoms with Crippen molar-refractivity contribution in [3.63, 3.8) is 0 Å². The smallest absolute Gasteiger partial charge is 0.262 e. The summed E-state index contributed by atoms with van der Waals surface area (Å²) in [4.78, 5) is 17.7. The fourth-order valence-electron chi connectivity index (χ4n) is 2.78. The van der Waals surface area contributed by atoms with E-state index in [1.165, 1.54) is 4.90 Å². The first kappa shape index (κ1) is 17.7. The van der Waals surface area contributed by atoms with Crippen molar-refractivity contribution in [2.75, 3.05) is 21.2 Å². The van der Waals surface area contributed by atoms with Gasteiger partial charge in [0, 0.05) is 25.9 Å². The van der Waals surface area contributed by atoms with Crippen LogP contribution in [-0.4, -0.2) is 43.1 Å². The monoisotopic (exact) mass is 350 g/mol. The lowest BCUT2D eigenvalue weighted by atomic mass is 10.0. The number of nitrogens with zero attached hydrogens (tertiary/aromatic N) is 2. The molecule has 0 spiro atoms. The van der Waals surface area contributed by atoms with Crippen LogP contribution in [0.1, 0.15) is 6.92 Å². The summed E-state index contributed by atoms with van der Waals surface area (Å²) in [5.74, 6) is 1.32. The number of benzene rings is 2. The Bertz CT molecular complexity index is 937. The third-order valence-electron chi connectivity index (χ3n) is 4.20. The van der Waals surface area contributed by atoms with Crippen LogP contribution in [0.2, 0.25) is 0 Å². The zero-order chi connectivity index (χ0) is 18.7. The average molecular weight is 350 g/mol. The molecule has 1 heterocycles. The molecule has 0 bridgehead atoms. The number of hydrogen-bond acceptors (Lipinski definition) is 4. The maximum absolute atomic E-state index is 12.0. The number of likely N-dealkylation sites (N-methyl/N-ethyl adjacent to an activating group) is 1. The highest BCUT2D eigenvalue weighted by molar-refractivity contribution is 5.88. The van der Waals surface area contributed by atoms with Crippen LogP contribution < -0.4 is 9.47 Å². The normalized spacial score (nSPS) is 11.8. The first-order valence-electron chi connectivity index (χ1n) is 8.39. The van der Waals surface area contributed by atoms with Gasteiger partial charge in [0.05, 0.1) is 13.3 Å². The van der Waals surface area contributed by atoms with Crippen molar-refractivity contribution in [1.82, 2.24) is 9.88 Å². The molecule has 0 aliphatic carbocycles. The van der Waals surface area contributed by atoms with Gasteiger partial charge in [-0.3, -0.25) is 9.78 Å². The summed E-state index contributed by atoms with van der Waals surface area (Å²) in [5.41, 5.74) is 2.02. The summed E-state index contributed by atoms with van der Waals surface area (Å²) >= 11 is 0. The first-order chi connectivity index (χ1) is 12.5. The Morgan fingerprint density at radius 1 is 0.962 bits per heavy atom. The molecule has 1 aromatic heterocycles. The molecule has 0 radical (unpaired) electrons. The first-order valence-corrected chi connectivity index (χ1v) is 8.39. The SMILES string of the molecule is COc1cncc(-c2ccc3ccc(OC(C)C(=O)N(C)C)cc3c2)c1. The van der Waals surface area contributed by atoms with E-state index >= 15 is 0 Å². The zero-order valence-corrected chi connectivity index (χ0v) is 15.4. The van der Waals surface area contributed by atoms with Gasteiger partial charge in [-0.2, -0.15) is 0 Å². The molecule has 1 atom stereocenters. The van der Waals surface area contributed by atoms with Gasteiger partial charge in [-0.1, -0.05) is 18.2 Å². The number of pyridine rings is 1. The van der Waals surface area contributed by atoms with Gasteiger partial charge in [0.25, 0.3) is 5.91 Å². The van der Waals surface area contributed by atoms with E-state index in [4.69, 9.17) is 9.47 Å². The maximum Gasteiger partial charge on any atom is 0.262 e. The van der Waals surface area contributed by atoms with E-state index in [-0.39, 0.29) is 5.91 Å². The van der Waals surface area contributed by atoms with Crippen molar-refractivity contribution < 1.29 is 14.3 Å². The van der Waals surface area contributed by atoms with Gasteiger partial charge in [0.15, 0.2) is 6.10 Å². The molecule has 5 heteroatoms. The van der Waals surface area contributed by atoms with E-state index in [1.54, 1.807) is 34.3 Å². The van der Waals surface area contributed by atoms with Crippen LogP contribution in [0.5, 0.6) is 11.5 Å². The topological polar surface area (TPSA) is 51.7 Å². The van der Waals surface area contributed by atoms with Crippen LogP contribution >= 0.6 is 0 Å². The molecule has 0 aliphatic rings. The third-order valence-corrected chi connectivity index (χ3v) is 4.20. The number of fused-ring (bicyclic) bond motifs is 1. The molecular formula is C21H22N2O3. The van der Waals surface area contributed by atoms with E-state index in [1.807, 2.05) is 30.5 Å². The van der Waals surface area contributed by atoms with E-state index in [2.05, 4.69) is 23.2 Å². The van der Waals surface area contributed by atoms with E-state index in [0.717, 1.165) is 27.6 Å². The van der Waals surface area contributed by atoms with Crippen LogP contribution in [0.3, 0.4) is 0 Å². The van der Waals surface area contributed by atoms with E-state index < -0.39 is 6.10 Å². The van der Waals surface area contributed by atoms with Crippen LogP contribution in [0.15, 0.2) is 54.9 Å². The van der Waals surface area contributed by atoms with Gasteiger partial charge >= 0.3 is 0 Å².